The van der Waals surface area contributed by atoms with Crippen molar-refractivity contribution >= 4 is 0 Å². The summed E-state index contributed by atoms with van der Waals surface area (Å²) in [6, 6.07) is 6.52. The normalized spacial score (nSPS) is 11.8. The van der Waals surface area contributed by atoms with Crippen LogP contribution in [0.2, 0.25) is 0 Å². The van der Waals surface area contributed by atoms with Gasteiger partial charge in [0.25, 0.3) is 0 Å². The molecule has 0 saturated heterocycles. The average Bonchev–Trinajstić information content (AvgIpc) is 2.72. The SMILES string of the molecule is CC(C)(C)n1ncc(CN)c1-c1cccc(F)c1. The zero-order valence-corrected chi connectivity index (χ0v) is 10.9. The van der Waals surface area contributed by atoms with Crippen LogP contribution in [-0.2, 0) is 12.1 Å². The number of hydrogen-bond donors (Lipinski definition) is 1. The molecule has 3 nitrogen and oxygen atoms in total. The molecule has 0 aliphatic carbocycles. The molecule has 0 atom stereocenters. The number of nitrogens with zero attached hydrogens (tertiary/aromatic N) is 2. The van der Waals surface area contributed by atoms with Crippen molar-refractivity contribution in [2.24, 2.45) is 5.73 Å². The molecule has 0 aliphatic heterocycles. The summed E-state index contributed by atoms with van der Waals surface area (Å²) < 4.78 is 15.3. The maximum absolute atomic E-state index is 13.4. The van der Waals surface area contributed by atoms with Gasteiger partial charge in [-0.2, -0.15) is 5.10 Å². The maximum Gasteiger partial charge on any atom is 0.123 e. The van der Waals surface area contributed by atoms with Gasteiger partial charge in [0.05, 0.1) is 17.4 Å². The molecule has 0 amide bonds. The van der Waals surface area contributed by atoms with Gasteiger partial charge in [0.1, 0.15) is 5.82 Å². The van der Waals surface area contributed by atoms with E-state index in [-0.39, 0.29) is 11.4 Å². The highest BCUT2D eigenvalue weighted by Crippen LogP contribution is 2.29. The predicted octanol–water partition coefficient (Wildman–Crippen LogP) is 2.90. The standard InChI is InChI=1S/C14H18FN3/c1-14(2,3)18-13(11(8-16)9-17-18)10-5-4-6-12(15)7-10/h4-7,9H,8,16H2,1-3H3. The Hall–Kier alpha value is -1.68. The van der Waals surface area contributed by atoms with Gasteiger partial charge in [0, 0.05) is 17.7 Å². The summed E-state index contributed by atoms with van der Waals surface area (Å²) in [5.41, 5.74) is 8.19. The Bertz CT molecular complexity index is 552. The molecule has 2 aromatic rings. The predicted molar refractivity (Wildman–Crippen MR) is 70.5 cm³/mol. The summed E-state index contributed by atoms with van der Waals surface area (Å²) in [6.07, 6.45) is 1.76. The molecule has 1 aromatic heterocycles. The van der Waals surface area contributed by atoms with Crippen LogP contribution < -0.4 is 5.73 Å². The Kier molecular flexibility index (Phi) is 3.22. The van der Waals surface area contributed by atoms with Gasteiger partial charge in [-0.1, -0.05) is 12.1 Å². The average molecular weight is 247 g/mol. The van der Waals surface area contributed by atoms with E-state index in [1.807, 2.05) is 10.7 Å². The van der Waals surface area contributed by atoms with Gasteiger partial charge in [0.2, 0.25) is 0 Å². The minimum Gasteiger partial charge on any atom is -0.326 e. The van der Waals surface area contributed by atoms with Crippen LogP contribution in [0.5, 0.6) is 0 Å². The van der Waals surface area contributed by atoms with Crippen molar-refractivity contribution in [1.29, 1.82) is 0 Å². The molecule has 2 rings (SSSR count). The van der Waals surface area contributed by atoms with E-state index in [0.717, 1.165) is 16.8 Å². The second-order valence-electron chi connectivity index (χ2n) is 5.32. The van der Waals surface area contributed by atoms with Gasteiger partial charge in [-0.3, -0.25) is 4.68 Å². The quantitative estimate of drug-likeness (QED) is 0.886. The molecule has 0 aliphatic rings. The topological polar surface area (TPSA) is 43.8 Å². The molecule has 0 fully saturated rings. The first kappa shape index (κ1) is 12.8. The highest BCUT2D eigenvalue weighted by atomic mass is 19.1. The van der Waals surface area contributed by atoms with Gasteiger partial charge in [-0.15, -0.1) is 0 Å². The van der Waals surface area contributed by atoms with Crippen LogP contribution in [0.3, 0.4) is 0 Å². The summed E-state index contributed by atoms with van der Waals surface area (Å²) in [5.74, 6) is -0.253. The van der Waals surface area contributed by atoms with E-state index in [9.17, 15) is 4.39 Å². The molecule has 2 N–H and O–H groups in total. The summed E-state index contributed by atoms with van der Waals surface area (Å²) >= 11 is 0. The van der Waals surface area contributed by atoms with E-state index in [4.69, 9.17) is 5.73 Å². The molecular formula is C14H18FN3. The van der Waals surface area contributed by atoms with Crippen LogP contribution in [0.25, 0.3) is 11.3 Å². The van der Waals surface area contributed by atoms with Crippen LogP contribution >= 0.6 is 0 Å². The van der Waals surface area contributed by atoms with Gasteiger partial charge in [0.15, 0.2) is 0 Å². The zero-order chi connectivity index (χ0) is 13.3. The lowest BCUT2D eigenvalue weighted by Gasteiger charge is -2.23. The molecule has 0 unspecified atom stereocenters. The smallest absolute Gasteiger partial charge is 0.123 e. The molecule has 1 aromatic carbocycles. The van der Waals surface area contributed by atoms with Gasteiger partial charge in [-0.25, -0.2) is 4.39 Å². The molecule has 18 heavy (non-hydrogen) atoms. The molecular weight excluding hydrogens is 229 g/mol. The second kappa shape index (κ2) is 4.53. The second-order valence-corrected chi connectivity index (χ2v) is 5.32. The molecule has 0 saturated carbocycles. The van der Waals surface area contributed by atoms with E-state index >= 15 is 0 Å². The highest BCUT2D eigenvalue weighted by molar-refractivity contribution is 5.63. The highest BCUT2D eigenvalue weighted by Gasteiger charge is 2.21. The van der Waals surface area contributed by atoms with Crippen molar-refractivity contribution in [3.05, 3.63) is 41.8 Å². The van der Waals surface area contributed by atoms with Crippen molar-refractivity contribution in [3.8, 4) is 11.3 Å². The van der Waals surface area contributed by atoms with E-state index in [1.54, 1.807) is 12.3 Å². The fourth-order valence-electron chi connectivity index (χ4n) is 1.98. The third-order valence-corrected chi connectivity index (χ3v) is 2.80. The Balaban J connectivity index is 2.65. The Morgan fingerprint density at radius 3 is 2.61 bits per heavy atom. The van der Waals surface area contributed by atoms with Crippen LogP contribution in [0, 0.1) is 5.82 Å². The number of hydrogen-bond acceptors (Lipinski definition) is 2. The van der Waals surface area contributed by atoms with Crippen molar-refractivity contribution in [3.63, 3.8) is 0 Å². The number of nitrogens with two attached hydrogens (primary N) is 1. The number of halogens is 1. The van der Waals surface area contributed by atoms with Crippen LogP contribution in [0.15, 0.2) is 30.5 Å². The third kappa shape index (κ3) is 2.29. The fourth-order valence-corrected chi connectivity index (χ4v) is 1.98. The lowest BCUT2D eigenvalue weighted by Crippen LogP contribution is -2.24. The van der Waals surface area contributed by atoms with Gasteiger partial charge in [-0.05, 0) is 32.9 Å². The van der Waals surface area contributed by atoms with Crippen LogP contribution in [0.4, 0.5) is 4.39 Å². The Morgan fingerprint density at radius 1 is 1.33 bits per heavy atom. The Morgan fingerprint density at radius 2 is 2.06 bits per heavy atom. The van der Waals surface area contributed by atoms with Crippen molar-refractivity contribution in [1.82, 2.24) is 9.78 Å². The molecule has 0 spiro atoms. The number of rotatable bonds is 2. The lowest BCUT2D eigenvalue weighted by molar-refractivity contribution is 0.360. The van der Waals surface area contributed by atoms with E-state index < -0.39 is 0 Å². The maximum atomic E-state index is 13.4. The third-order valence-electron chi connectivity index (χ3n) is 2.80. The minimum atomic E-state index is -0.253. The molecule has 0 bridgehead atoms. The Labute approximate surface area is 106 Å². The van der Waals surface area contributed by atoms with Crippen molar-refractivity contribution in [2.75, 3.05) is 0 Å². The van der Waals surface area contributed by atoms with E-state index in [1.165, 1.54) is 12.1 Å². The first-order valence-electron chi connectivity index (χ1n) is 5.97. The van der Waals surface area contributed by atoms with Crippen molar-refractivity contribution < 1.29 is 4.39 Å². The molecule has 96 valence electrons. The zero-order valence-electron chi connectivity index (χ0n) is 10.9. The number of aromatic nitrogens is 2. The van der Waals surface area contributed by atoms with Gasteiger partial charge >= 0.3 is 0 Å². The molecule has 1 heterocycles. The number of benzene rings is 1. The fraction of sp³-hybridized carbons (Fsp3) is 0.357. The molecule has 4 heteroatoms. The first-order chi connectivity index (χ1) is 8.43. The monoisotopic (exact) mass is 247 g/mol. The van der Waals surface area contributed by atoms with E-state index in [2.05, 4.69) is 25.9 Å². The van der Waals surface area contributed by atoms with Crippen LogP contribution in [-0.4, -0.2) is 9.78 Å². The largest absolute Gasteiger partial charge is 0.326 e. The van der Waals surface area contributed by atoms with E-state index in [0.29, 0.717) is 6.54 Å². The summed E-state index contributed by atoms with van der Waals surface area (Å²) in [5, 5.41) is 4.38. The molecule has 0 radical (unpaired) electrons. The summed E-state index contributed by atoms with van der Waals surface area (Å²) in [4.78, 5) is 0. The first-order valence-corrected chi connectivity index (χ1v) is 5.97. The van der Waals surface area contributed by atoms with Crippen molar-refractivity contribution in [2.45, 2.75) is 32.9 Å². The van der Waals surface area contributed by atoms with Crippen LogP contribution in [0.1, 0.15) is 26.3 Å². The van der Waals surface area contributed by atoms with Gasteiger partial charge < -0.3 is 5.73 Å². The summed E-state index contributed by atoms with van der Waals surface area (Å²) in [6.45, 7) is 6.57. The minimum absolute atomic E-state index is 0.172. The summed E-state index contributed by atoms with van der Waals surface area (Å²) in [7, 11) is 0. The lowest BCUT2D eigenvalue weighted by atomic mass is 10.0.